The van der Waals surface area contributed by atoms with Gasteiger partial charge in [-0.1, -0.05) is 30.3 Å². The summed E-state index contributed by atoms with van der Waals surface area (Å²) in [6, 6.07) is 9.54. The summed E-state index contributed by atoms with van der Waals surface area (Å²) in [6.45, 7) is 9.29. The zero-order chi connectivity index (χ0) is 18.4. The number of hydrogen-bond donors (Lipinski definition) is 1. The summed E-state index contributed by atoms with van der Waals surface area (Å²) >= 11 is 0. The van der Waals surface area contributed by atoms with Crippen LogP contribution in [0.25, 0.3) is 0 Å². The lowest BCUT2D eigenvalue weighted by atomic mass is 9.99. The van der Waals surface area contributed by atoms with Crippen LogP contribution in [0.5, 0.6) is 0 Å². The topological polar surface area (TPSA) is 67.9 Å². The van der Waals surface area contributed by atoms with Gasteiger partial charge in [-0.25, -0.2) is 10.3 Å². The number of carbonyl (C=O) groups excluding carboxylic acids is 2. The molecule has 1 aromatic carbocycles. The number of hydroxylamine groups is 1. The van der Waals surface area contributed by atoms with E-state index in [9.17, 15) is 9.59 Å². The van der Waals surface area contributed by atoms with Crippen LogP contribution in [0.2, 0.25) is 0 Å². The lowest BCUT2D eigenvalue weighted by Crippen LogP contribution is -2.49. The van der Waals surface area contributed by atoms with Crippen LogP contribution in [0.1, 0.15) is 46.6 Å². The molecule has 1 aromatic rings. The molecule has 0 saturated carbocycles. The second-order valence-corrected chi connectivity index (χ2v) is 7.33. The van der Waals surface area contributed by atoms with Crippen molar-refractivity contribution >= 4 is 12.0 Å². The molecule has 6 heteroatoms. The van der Waals surface area contributed by atoms with Crippen molar-refractivity contribution in [3.05, 3.63) is 35.9 Å². The molecule has 24 heavy (non-hydrogen) atoms. The van der Waals surface area contributed by atoms with Gasteiger partial charge in [0.15, 0.2) is 0 Å². The third kappa shape index (κ3) is 7.00. The van der Waals surface area contributed by atoms with Gasteiger partial charge < -0.3 is 9.64 Å². The first-order valence-corrected chi connectivity index (χ1v) is 7.93. The predicted octanol–water partition coefficient (Wildman–Crippen LogP) is 3.27. The van der Waals surface area contributed by atoms with Crippen molar-refractivity contribution in [2.45, 2.75) is 58.8 Å². The maximum atomic E-state index is 12.1. The Labute approximate surface area is 144 Å². The molecular weight excluding hydrogens is 308 g/mol. The summed E-state index contributed by atoms with van der Waals surface area (Å²) in [5, 5.41) is 0. The lowest BCUT2D eigenvalue weighted by Gasteiger charge is -2.36. The minimum absolute atomic E-state index is 0.0948. The van der Waals surface area contributed by atoms with Crippen LogP contribution >= 0.6 is 0 Å². The quantitative estimate of drug-likeness (QED) is 0.810. The van der Waals surface area contributed by atoms with E-state index in [2.05, 4.69) is 5.48 Å². The highest BCUT2D eigenvalue weighted by Gasteiger charge is 2.33. The molecule has 0 spiro atoms. The summed E-state index contributed by atoms with van der Waals surface area (Å²) in [5.74, 6) is -0.300. The minimum Gasteiger partial charge on any atom is -0.444 e. The van der Waals surface area contributed by atoms with Crippen molar-refractivity contribution in [2.75, 3.05) is 7.05 Å². The number of carbonyl (C=O) groups is 2. The first-order valence-electron chi connectivity index (χ1n) is 7.93. The minimum atomic E-state index is -0.706. The van der Waals surface area contributed by atoms with Gasteiger partial charge in [0.25, 0.3) is 0 Å². The van der Waals surface area contributed by atoms with E-state index in [0.29, 0.717) is 0 Å². The highest BCUT2D eigenvalue weighted by atomic mass is 16.6. The van der Waals surface area contributed by atoms with Crippen molar-refractivity contribution < 1.29 is 19.2 Å². The van der Waals surface area contributed by atoms with Gasteiger partial charge in [0.05, 0.1) is 13.0 Å². The zero-order valence-electron chi connectivity index (χ0n) is 15.4. The van der Waals surface area contributed by atoms with Crippen LogP contribution in [0, 0.1) is 0 Å². The third-order valence-corrected chi connectivity index (χ3v) is 3.44. The van der Waals surface area contributed by atoms with Gasteiger partial charge in [0, 0.05) is 12.6 Å². The fourth-order valence-corrected chi connectivity index (χ4v) is 1.90. The van der Waals surface area contributed by atoms with Gasteiger partial charge in [-0.2, -0.15) is 0 Å². The van der Waals surface area contributed by atoms with Crippen LogP contribution < -0.4 is 5.48 Å². The van der Waals surface area contributed by atoms with E-state index >= 15 is 0 Å². The number of nitrogens with zero attached hydrogens (tertiary/aromatic N) is 1. The molecule has 1 rings (SSSR count). The van der Waals surface area contributed by atoms with E-state index in [4.69, 9.17) is 9.57 Å². The SMILES string of the molecule is CN(C(=O)OC(C)(C)C)C(C)(C)CC(=O)NOCc1ccccc1. The van der Waals surface area contributed by atoms with Gasteiger partial charge in [0.2, 0.25) is 5.91 Å². The Morgan fingerprint density at radius 3 is 2.21 bits per heavy atom. The maximum absolute atomic E-state index is 12.1. The standard InChI is InChI=1S/C18H28N2O4/c1-17(2,3)24-16(22)20(6)18(4,5)12-15(21)19-23-13-14-10-8-7-9-11-14/h7-11H,12-13H2,1-6H3,(H,19,21). The van der Waals surface area contributed by atoms with E-state index in [1.807, 2.05) is 30.3 Å². The van der Waals surface area contributed by atoms with Crippen LogP contribution in [-0.4, -0.2) is 35.1 Å². The van der Waals surface area contributed by atoms with Gasteiger partial charge in [-0.05, 0) is 40.2 Å². The Morgan fingerprint density at radius 2 is 1.67 bits per heavy atom. The summed E-state index contributed by atoms with van der Waals surface area (Å²) in [4.78, 5) is 30.8. The van der Waals surface area contributed by atoms with E-state index in [-0.39, 0.29) is 18.9 Å². The molecular formula is C18H28N2O4. The average Bonchev–Trinajstić information content (AvgIpc) is 2.45. The van der Waals surface area contributed by atoms with Crippen molar-refractivity contribution in [3.8, 4) is 0 Å². The molecule has 0 saturated heterocycles. The highest BCUT2D eigenvalue weighted by Crippen LogP contribution is 2.20. The number of rotatable bonds is 6. The Morgan fingerprint density at radius 1 is 1.08 bits per heavy atom. The predicted molar refractivity (Wildman–Crippen MR) is 92.1 cm³/mol. The molecule has 0 heterocycles. The Hall–Kier alpha value is -2.08. The van der Waals surface area contributed by atoms with E-state index in [1.54, 1.807) is 41.7 Å². The van der Waals surface area contributed by atoms with Gasteiger partial charge in [-0.15, -0.1) is 0 Å². The molecule has 0 radical (unpaired) electrons. The molecule has 0 fully saturated rings. The Balaban J connectivity index is 2.47. The second-order valence-electron chi connectivity index (χ2n) is 7.33. The van der Waals surface area contributed by atoms with Crippen LogP contribution in [0.3, 0.4) is 0 Å². The largest absolute Gasteiger partial charge is 0.444 e. The first kappa shape index (κ1) is 20.0. The average molecular weight is 336 g/mol. The number of ether oxygens (including phenoxy) is 1. The third-order valence-electron chi connectivity index (χ3n) is 3.44. The van der Waals surface area contributed by atoms with Crippen molar-refractivity contribution in [1.82, 2.24) is 10.4 Å². The van der Waals surface area contributed by atoms with E-state index in [0.717, 1.165) is 5.56 Å². The lowest BCUT2D eigenvalue weighted by molar-refractivity contribution is -0.136. The monoisotopic (exact) mass is 336 g/mol. The molecule has 2 amide bonds. The molecule has 0 aromatic heterocycles. The number of hydrogen-bond acceptors (Lipinski definition) is 4. The summed E-state index contributed by atoms with van der Waals surface area (Å²) in [6.07, 6.45) is -0.372. The normalized spacial score (nSPS) is 11.8. The van der Waals surface area contributed by atoms with Crippen molar-refractivity contribution in [2.24, 2.45) is 0 Å². The summed E-state index contributed by atoms with van der Waals surface area (Å²) in [5.41, 5.74) is 2.09. The summed E-state index contributed by atoms with van der Waals surface area (Å²) in [7, 11) is 1.62. The van der Waals surface area contributed by atoms with Gasteiger partial charge in [-0.3, -0.25) is 9.63 Å². The van der Waals surface area contributed by atoms with Gasteiger partial charge >= 0.3 is 6.09 Å². The van der Waals surface area contributed by atoms with Gasteiger partial charge in [0.1, 0.15) is 5.60 Å². The molecule has 1 N–H and O–H groups in total. The molecule has 0 aliphatic rings. The second kappa shape index (κ2) is 8.15. The van der Waals surface area contributed by atoms with Crippen LogP contribution in [-0.2, 0) is 21.0 Å². The molecule has 134 valence electrons. The number of amides is 2. The number of nitrogens with one attached hydrogen (secondary N) is 1. The van der Waals surface area contributed by atoms with E-state index in [1.165, 1.54) is 4.90 Å². The van der Waals surface area contributed by atoms with Crippen molar-refractivity contribution in [1.29, 1.82) is 0 Å². The molecule has 0 aliphatic heterocycles. The number of benzene rings is 1. The molecule has 0 aliphatic carbocycles. The van der Waals surface area contributed by atoms with Crippen LogP contribution in [0.4, 0.5) is 4.79 Å². The fraction of sp³-hybridized carbons (Fsp3) is 0.556. The molecule has 6 nitrogen and oxygen atoms in total. The highest BCUT2D eigenvalue weighted by molar-refractivity contribution is 5.77. The zero-order valence-corrected chi connectivity index (χ0v) is 15.4. The molecule has 0 unspecified atom stereocenters. The fourth-order valence-electron chi connectivity index (χ4n) is 1.90. The summed E-state index contributed by atoms with van der Waals surface area (Å²) < 4.78 is 5.33. The smallest absolute Gasteiger partial charge is 0.410 e. The molecule has 0 atom stereocenters. The first-order chi connectivity index (χ1) is 11.0. The molecule has 0 bridgehead atoms. The Bertz CT molecular complexity index is 550. The Kier molecular flexibility index (Phi) is 6.78. The van der Waals surface area contributed by atoms with E-state index < -0.39 is 17.2 Å². The maximum Gasteiger partial charge on any atom is 0.410 e. The van der Waals surface area contributed by atoms with Crippen molar-refractivity contribution in [3.63, 3.8) is 0 Å². The van der Waals surface area contributed by atoms with Crippen LogP contribution in [0.15, 0.2) is 30.3 Å².